The molecule has 3 N–H and O–H groups in total. The van der Waals surface area contributed by atoms with Crippen LogP contribution in [0, 0.1) is 0 Å². The van der Waals surface area contributed by atoms with Gasteiger partial charge in [0.05, 0.1) is 18.3 Å². The molecular weight excluding hydrogens is 363 g/mol. The number of ether oxygens (including phenoxy) is 1. The van der Waals surface area contributed by atoms with Crippen molar-refractivity contribution in [1.82, 2.24) is 5.32 Å². The van der Waals surface area contributed by atoms with E-state index in [9.17, 15) is 23.1 Å². The molecule has 1 heterocycles. The summed E-state index contributed by atoms with van der Waals surface area (Å²) in [4.78, 5) is 10.9. The predicted octanol–water partition coefficient (Wildman–Crippen LogP) is 2.67. The van der Waals surface area contributed by atoms with Gasteiger partial charge in [-0.1, -0.05) is 36.4 Å². The van der Waals surface area contributed by atoms with E-state index in [0.29, 0.717) is 11.1 Å². The largest absolute Gasteiger partial charge is 0.480 e. The monoisotopic (exact) mass is 381 g/mol. The minimum Gasteiger partial charge on any atom is -0.480 e. The molecule has 2 aromatic rings. The number of carbonyl (C=O) groups is 1. The van der Waals surface area contributed by atoms with Gasteiger partial charge in [0.2, 0.25) is 0 Å². The number of hydrogen-bond donors (Lipinski definition) is 3. The summed E-state index contributed by atoms with van der Waals surface area (Å²) in [5, 5.41) is 21.5. The summed E-state index contributed by atoms with van der Waals surface area (Å²) in [6, 6.07) is 10.9. The van der Waals surface area contributed by atoms with Crippen LogP contribution in [0.15, 0.2) is 48.5 Å². The van der Waals surface area contributed by atoms with Crippen LogP contribution in [0.3, 0.4) is 0 Å². The molecule has 27 heavy (non-hydrogen) atoms. The number of benzene rings is 2. The van der Waals surface area contributed by atoms with E-state index in [-0.39, 0.29) is 13.2 Å². The number of carboxylic acids is 1. The average molecular weight is 381 g/mol. The molecule has 0 aromatic heterocycles. The first-order valence-electron chi connectivity index (χ1n) is 8.28. The number of rotatable bonds is 5. The molecule has 1 aliphatic rings. The van der Waals surface area contributed by atoms with Crippen LogP contribution in [0.5, 0.6) is 0 Å². The molecule has 0 spiro atoms. The maximum atomic E-state index is 12.8. The summed E-state index contributed by atoms with van der Waals surface area (Å²) >= 11 is 0. The molecule has 1 aliphatic heterocycles. The zero-order chi connectivity index (χ0) is 19.6. The lowest BCUT2D eigenvalue weighted by molar-refractivity contribution is -0.142. The number of aliphatic hydroxyl groups is 1. The van der Waals surface area contributed by atoms with Crippen LogP contribution in [-0.4, -0.2) is 41.0 Å². The van der Waals surface area contributed by atoms with Gasteiger partial charge in [-0.3, -0.25) is 10.1 Å². The highest BCUT2D eigenvalue weighted by molar-refractivity contribution is 5.75. The Morgan fingerprint density at radius 1 is 1.15 bits per heavy atom. The van der Waals surface area contributed by atoms with Crippen molar-refractivity contribution in [3.63, 3.8) is 0 Å². The van der Waals surface area contributed by atoms with Gasteiger partial charge in [0.15, 0.2) is 0 Å². The highest BCUT2D eigenvalue weighted by Crippen LogP contribution is 2.32. The number of aliphatic hydroxyl groups excluding tert-OH is 1. The van der Waals surface area contributed by atoms with Crippen molar-refractivity contribution in [2.45, 2.75) is 31.0 Å². The zero-order valence-electron chi connectivity index (χ0n) is 14.1. The number of halogens is 3. The van der Waals surface area contributed by atoms with Gasteiger partial charge in [-0.05, 0) is 28.8 Å². The minimum atomic E-state index is -4.40. The standard InChI is InChI=1S/C19H18F3NO4/c20-19(21,22)14-3-1-2-13(8-14)12-6-4-11(5-7-12)10-27-15-9-23-16(17(15)24)18(25)26/h1-8,15-17,23-24H,9-10H2,(H,25,26)/t15-,16+,17+/m0/s1. The molecule has 0 bridgehead atoms. The van der Waals surface area contributed by atoms with Gasteiger partial charge in [-0.2, -0.15) is 13.2 Å². The molecular formula is C19H18F3NO4. The third-order valence-corrected chi connectivity index (χ3v) is 4.47. The molecule has 3 rings (SSSR count). The molecule has 3 atom stereocenters. The molecule has 5 nitrogen and oxygen atoms in total. The van der Waals surface area contributed by atoms with Gasteiger partial charge in [0.1, 0.15) is 12.1 Å². The molecule has 1 fully saturated rings. The van der Waals surface area contributed by atoms with E-state index in [2.05, 4.69) is 5.32 Å². The number of alkyl halides is 3. The molecule has 8 heteroatoms. The zero-order valence-corrected chi connectivity index (χ0v) is 14.1. The van der Waals surface area contributed by atoms with Crippen LogP contribution in [0.2, 0.25) is 0 Å². The third kappa shape index (κ3) is 4.47. The summed E-state index contributed by atoms with van der Waals surface area (Å²) in [6.07, 6.45) is -6.19. The summed E-state index contributed by atoms with van der Waals surface area (Å²) in [5.74, 6) is -1.14. The second-order valence-electron chi connectivity index (χ2n) is 6.34. The first-order chi connectivity index (χ1) is 12.8. The van der Waals surface area contributed by atoms with Crippen molar-refractivity contribution in [1.29, 1.82) is 0 Å². The Labute approximate surface area is 153 Å². The van der Waals surface area contributed by atoms with E-state index < -0.39 is 36.0 Å². The quantitative estimate of drug-likeness (QED) is 0.742. The third-order valence-electron chi connectivity index (χ3n) is 4.47. The number of carboxylic acid groups (broad SMARTS) is 1. The second kappa shape index (κ2) is 7.67. The lowest BCUT2D eigenvalue weighted by atomic mass is 10.0. The first kappa shape index (κ1) is 19.3. The molecule has 1 saturated heterocycles. The Morgan fingerprint density at radius 3 is 2.44 bits per heavy atom. The summed E-state index contributed by atoms with van der Waals surface area (Å²) < 4.78 is 44.0. The van der Waals surface area contributed by atoms with Crippen LogP contribution in [0.4, 0.5) is 13.2 Å². The highest BCUT2D eigenvalue weighted by atomic mass is 19.4. The smallest absolute Gasteiger partial charge is 0.416 e. The summed E-state index contributed by atoms with van der Waals surface area (Å²) in [7, 11) is 0. The molecule has 0 saturated carbocycles. The van der Waals surface area contributed by atoms with E-state index >= 15 is 0 Å². The van der Waals surface area contributed by atoms with Crippen LogP contribution in [-0.2, 0) is 22.3 Å². The first-order valence-corrected chi connectivity index (χ1v) is 8.28. The van der Waals surface area contributed by atoms with Crippen molar-refractivity contribution >= 4 is 5.97 Å². The molecule has 0 unspecified atom stereocenters. The van der Waals surface area contributed by atoms with E-state index in [1.807, 2.05) is 0 Å². The molecule has 144 valence electrons. The van der Waals surface area contributed by atoms with E-state index in [0.717, 1.165) is 17.7 Å². The van der Waals surface area contributed by atoms with Gasteiger partial charge in [-0.15, -0.1) is 0 Å². The summed E-state index contributed by atoms with van der Waals surface area (Å²) in [5.41, 5.74) is 1.15. The second-order valence-corrected chi connectivity index (χ2v) is 6.34. The van der Waals surface area contributed by atoms with Crippen LogP contribution < -0.4 is 5.32 Å². The maximum Gasteiger partial charge on any atom is 0.416 e. The highest BCUT2D eigenvalue weighted by Gasteiger charge is 2.39. The fourth-order valence-corrected chi connectivity index (χ4v) is 2.96. The lowest BCUT2D eigenvalue weighted by Crippen LogP contribution is -2.40. The minimum absolute atomic E-state index is 0.151. The van der Waals surface area contributed by atoms with Gasteiger partial charge < -0.3 is 14.9 Å². The maximum absolute atomic E-state index is 12.8. The van der Waals surface area contributed by atoms with Crippen molar-refractivity contribution in [2.24, 2.45) is 0 Å². The van der Waals surface area contributed by atoms with E-state index in [1.165, 1.54) is 6.07 Å². The number of nitrogens with one attached hydrogen (secondary N) is 1. The van der Waals surface area contributed by atoms with Crippen molar-refractivity contribution < 1.29 is 32.9 Å². The fraction of sp³-hybridized carbons (Fsp3) is 0.316. The van der Waals surface area contributed by atoms with E-state index in [4.69, 9.17) is 9.84 Å². The fourth-order valence-electron chi connectivity index (χ4n) is 2.96. The Bertz CT molecular complexity index is 807. The Hall–Kier alpha value is -2.42. The average Bonchev–Trinajstić information content (AvgIpc) is 3.01. The topological polar surface area (TPSA) is 78.8 Å². The van der Waals surface area contributed by atoms with Crippen molar-refractivity contribution in [2.75, 3.05) is 6.54 Å². The van der Waals surface area contributed by atoms with Crippen LogP contribution >= 0.6 is 0 Å². The van der Waals surface area contributed by atoms with Gasteiger partial charge in [0.25, 0.3) is 0 Å². The Balaban J connectivity index is 1.64. The Morgan fingerprint density at radius 2 is 1.85 bits per heavy atom. The normalized spacial score (nSPS) is 22.7. The van der Waals surface area contributed by atoms with Crippen molar-refractivity contribution in [3.05, 3.63) is 59.7 Å². The molecule has 0 amide bonds. The lowest BCUT2D eigenvalue weighted by Gasteiger charge is -2.17. The van der Waals surface area contributed by atoms with Crippen LogP contribution in [0.25, 0.3) is 11.1 Å². The number of hydrogen-bond acceptors (Lipinski definition) is 4. The Kier molecular flexibility index (Phi) is 5.50. The van der Waals surface area contributed by atoms with Crippen LogP contribution in [0.1, 0.15) is 11.1 Å². The number of aliphatic carboxylic acids is 1. The molecule has 0 radical (unpaired) electrons. The molecule has 0 aliphatic carbocycles. The van der Waals surface area contributed by atoms with Gasteiger partial charge in [0, 0.05) is 6.54 Å². The molecule has 2 aromatic carbocycles. The van der Waals surface area contributed by atoms with Crippen molar-refractivity contribution in [3.8, 4) is 11.1 Å². The SMILES string of the molecule is O=C(O)[C@@H]1NC[C@H](OCc2ccc(-c3cccc(C(F)(F)F)c3)cc2)[C@H]1O. The predicted molar refractivity (Wildman–Crippen MR) is 90.9 cm³/mol. The van der Waals surface area contributed by atoms with E-state index in [1.54, 1.807) is 30.3 Å². The summed E-state index contributed by atoms with van der Waals surface area (Å²) in [6.45, 7) is 0.374. The van der Waals surface area contributed by atoms with Gasteiger partial charge in [-0.25, -0.2) is 0 Å². The van der Waals surface area contributed by atoms with Gasteiger partial charge >= 0.3 is 12.1 Å².